The summed E-state index contributed by atoms with van der Waals surface area (Å²) in [5.74, 6) is -0.399. The Kier molecular flexibility index (Phi) is 5.58. The number of ether oxygens (including phenoxy) is 1. The fraction of sp³-hybridized carbons (Fsp3) is 0.500. The minimum Gasteiger partial charge on any atom is -0.452 e. The third kappa shape index (κ3) is 4.35. The summed E-state index contributed by atoms with van der Waals surface area (Å²) >= 11 is 0. The van der Waals surface area contributed by atoms with E-state index in [0.717, 1.165) is 11.3 Å². The molecule has 2 saturated heterocycles. The summed E-state index contributed by atoms with van der Waals surface area (Å²) in [4.78, 5) is 50.8. The van der Waals surface area contributed by atoms with Gasteiger partial charge in [0.2, 0.25) is 11.8 Å². The Morgan fingerprint density at radius 3 is 2.11 bits per heavy atom. The van der Waals surface area contributed by atoms with Crippen LogP contribution < -0.4 is 4.90 Å². The van der Waals surface area contributed by atoms with Crippen LogP contribution in [0.3, 0.4) is 0 Å². The van der Waals surface area contributed by atoms with Crippen LogP contribution >= 0.6 is 0 Å². The zero-order valence-electron chi connectivity index (χ0n) is 15.6. The van der Waals surface area contributed by atoms with Crippen LogP contribution in [-0.2, 0) is 19.1 Å². The molecule has 1 aromatic rings. The van der Waals surface area contributed by atoms with Crippen LogP contribution in [0.4, 0.5) is 5.69 Å². The van der Waals surface area contributed by atoms with Gasteiger partial charge >= 0.3 is 5.97 Å². The lowest BCUT2D eigenvalue weighted by Gasteiger charge is -2.34. The van der Waals surface area contributed by atoms with Crippen molar-refractivity contribution >= 4 is 29.4 Å². The molecule has 2 heterocycles. The van der Waals surface area contributed by atoms with Gasteiger partial charge in [-0.25, -0.2) is 4.79 Å². The van der Waals surface area contributed by atoms with Crippen LogP contribution in [0.15, 0.2) is 24.3 Å². The molecule has 1 aromatic carbocycles. The molecule has 2 atom stereocenters. The van der Waals surface area contributed by atoms with E-state index in [2.05, 4.69) is 13.8 Å². The van der Waals surface area contributed by atoms with Crippen molar-refractivity contribution in [2.24, 2.45) is 11.8 Å². The van der Waals surface area contributed by atoms with Crippen LogP contribution in [0.5, 0.6) is 0 Å². The minimum atomic E-state index is -0.605. The first kappa shape index (κ1) is 19.1. The quantitative estimate of drug-likeness (QED) is 0.596. The van der Waals surface area contributed by atoms with Crippen LogP contribution in [0.1, 0.15) is 43.5 Å². The lowest BCUT2D eigenvalue weighted by molar-refractivity contribution is -0.137. The lowest BCUT2D eigenvalue weighted by atomic mass is 9.92. The average molecular weight is 372 g/mol. The van der Waals surface area contributed by atoms with E-state index in [0.29, 0.717) is 30.6 Å². The number of esters is 1. The highest BCUT2D eigenvalue weighted by molar-refractivity contribution is 6.19. The molecule has 3 amide bonds. The van der Waals surface area contributed by atoms with Gasteiger partial charge in [-0.05, 0) is 42.5 Å². The van der Waals surface area contributed by atoms with Gasteiger partial charge in [-0.1, -0.05) is 13.8 Å². The maximum absolute atomic E-state index is 12.3. The van der Waals surface area contributed by atoms with Crippen LogP contribution in [-0.4, -0.2) is 48.3 Å². The summed E-state index contributed by atoms with van der Waals surface area (Å²) < 4.78 is 5.14. The number of hydrogen-bond acceptors (Lipinski definition) is 5. The summed E-state index contributed by atoms with van der Waals surface area (Å²) in [6.45, 7) is 5.31. The zero-order chi connectivity index (χ0) is 19.6. The van der Waals surface area contributed by atoms with Crippen molar-refractivity contribution in [1.82, 2.24) is 4.90 Å². The van der Waals surface area contributed by atoms with E-state index in [1.54, 1.807) is 4.90 Å². The van der Waals surface area contributed by atoms with Crippen molar-refractivity contribution in [3.8, 4) is 0 Å². The first-order chi connectivity index (χ1) is 12.8. The molecule has 7 heteroatoms. The number of piperidine rings is 1. The lowest BCUT2D eigenvalue weighted by Crippen LogP contribution is -2.44. The fourth-order valence-electron chi connectivity index (χ4n) is 3.78. The van der Waals surface area contributed by atoms with Crippen LogP contribution in [0.2, 0.25) is 0 Å². The van der Waals surface area contributed by atoms with E-state index < -0.39 is 5.97 Å². The minimum absolute atomic E-state index is 0.188. The molecule has 0 saturated carbocycles. The molecule has 0 spiro atoms. The van der Waals surface area contributed by atoms with Gasteiger partial charge in [0.05, 0.1) is 11.3 Å². The topological polar surface area (TPSA) is 84.0 Å². The molecule has 3 rings (SSSR count). The molecular weight excluding hydrogens is 348 g/mol. The number of benzene rings is 1. The normalized spacial score (nSPS) is 22.9. The first-order valence-electron chi connectivity index (χ1n) is 9.26. The number of likely N-dealkylation sites (tertiary alicyclic amines) is 1. The Bertz CT molecular complexity index is 732. The molecule has 0 aromatic heterocycles. The molecule has 2 aliphatic heterocycles. The summed E-state index contributed by atoms with van der Waals surface area (Å²) in [5, 5.41) is 0. The predicted molar refractivity (Wildman–Crippen MR) is 98.0 cm³/mol. The van der Waals surface area contributed by atoms with Gasteiger partial charge in [-0.2, -0.15) is 0 Å². The monoisotopic (exact) mass is 372 g/mol. The maximum Gasteiger partial charge on any atom is 0.338 e. The fourth-order valence-corrected chi connectivity index (χ4v) is 3.78. The van der Waals surface area contributed by atoms with Crippen molar-refractivity contribution < 1.29 is 23.9 Å². The zero-order valence-corrected chi connectivity index (χ0v) is 15.6. The number of amides is 3. The van der Waals surface area contributed by atoms with E-state index in [9.17, 15) is 19.2 Å². The Morgan fingerprint density at radius 2 is 1.56 bits per heavy atom. The van der Waals surface area contributed by atoms with Crippen molar-refractivity contribution in [3.05, 3.63) is 29.8 Å². The summed E-state index contributed by atoms with van der Waals surface area (Å²) in [7, 11) is 0. The van der Waals surface area contributed by atoms with E-state index in [-0.39, 0.29) is 42.7 Å². The van der Waals surface area contributed by atoms with Crippen LogP contribution in [0.25, 0.3) is 0 Å². The molecule has 0 radical (unpaired) electrons. The molecule has 0 aliphatic carbocycles. The first-order valence-corrected chi connectivity index (χ1v) is 9.26. The highest BCUT2D eigenvalue weighted by atomic mass is 16.5. The number of carbonyl (C=O) groups is 4. The highest BCUT2D eigenvalue weighted by Gasteiger charge is 2.30. The highest BCUT2D eigenvalue weighted by Crippen LogP contribution is 2.23. The van der Waals surface area contributed by atoms with Crippen molar-refractivity contribution in [2.75, 3.05) is 24.6 Å². The second-order valence-corrected chi connectivity index (χ2v) is 7.49. The number of nitrogens with zero attached hydrogens (tertiary/aromatic N) is 2. The van der Waals surface area contributed by atoms with Gasteiger partial charge in [0, 0.05) is 25.9 Å². The molecule has 144 valence electrons. The van der Waals surface area contributed by atoms with E-state index in [1.807, 2.05) is 0 Å². The molecule has 2 fully saturated rings. The third-order valence-corrected chi connectivity index (χ3v) is 4.96. The Hall–Kier alpha value is -2.70. The number of anilines is 1. The van der Waals surface area contributed by atoms with E-state index in [1.165, 1.54) is 24.3 Å². The van der Waals surface area contributed by atoms with Gasteiger partial charge in [-0.3, -0.25) is 19.3 Å². The molecular formula is C20H24N2O5. The maximum atomic E-state index is 12.3. The molecule has 0 bridgehead atoms. The third-order valence-electron chi connectivity index (χ3n) is 4.96. The van der Waals surface area contributed by atoms with Gasteiger partial charge in [0.25, 0.3) is 5.91 Å². The van der Waals surface area contributed by atoms with Crippen molar-refractivity contribution in [2.45, 2.75) is 33.1 Å². The average Bonchev–Trinajstić information content (AvgIpc) is 2.97. The largest absolute Gasteiger partial charge is 0.452 e. The van der Waals surface area contributed by atoms with E-state index in [4.69, 9.17) is 4.74 Å². The Balaban J connectivity index is 1.56. The summed E-state index contributed by atoms with van der Waals surface area (Å²) in [5.41, 5.74) is 0.706. The number of rotatable bonds is 4. The van der Waals surface area contributed by atoms with Crippen molar-refractivity contribution in [1.29, 1.82) is 0 Å². The van der Waals surface area contributed by atoms with Gasteiger partial charge in [0.1, 0.15) is 0 Å². The van der Waals surface area contributed by atoms with Gasteiger partial charge in [0.15, 0.2) is 6.61 Å². The smallest absolute Gasteiger partial charge is 0.338 e. The Morgan fingerprint density at radius 1 is 1.00 bits per heavy atom. The SMILES string of the molecule is C[C@H]1C[C@H](C)CN(C(=O)COC(=O)c2ccc(N3C(=O)CCC3=O)cc2)C1. The molecule has 0 N–H and O–H groups in total. The summed E-state index contributed by atoms with van der Waals surface area (Å²) in [6, 6.07) is 6.05. The van der Waals surface area contributed by atoms with E-state index >= 15 is 0 Å². The number of imide groups is 1. The van der Waals surface area contributed by atoms with Gasteiger partial charge in [-0.15, -0.1) is 0 Å². The molecule has 7 nitrogen and oxygen atoms in total. The number of hydrogen-bond donors (Lipinski definition) is 0. The van der Waals surface area contributed by atoms with Gasteiger partial charge < -0.3 is 9.64 Å². The number of carbonyl (C=O) groups excluding carboxylic acids is 4. The second-order valence-electron chi connectivity index (χ2n) is 7.49. The predicted octanol–water partition coefficient (Wildman–Crippen LogP) is 2.00. The second kappa shape index (κ2) is 7.90. The Labute approximate surface area is 158 Å². The van der Waals surface area contributed by atoms with Crippen LogP contribution in [0, 0.1) is 11.8 Å². The molecule has 0 unspecified atom stereocenters. The molecule has 2 aliphatic rings. The molecule has 27 heavy (non-hydrogen) atoms. The standard InChI is InChI=1S/C20H24N2O5/c1-13-9-14(2)11-21(10-13)19(25)12-27-20(26)15-3-5-16(6-4-15)22-17(23)7-8-18(22)24/h3-6,13-14H,7-12H2,1-2H3/t13-,14-/m0/s1. The summed E-state index contributed by atoms with van der Waals surface area (Å²) in [6.07, 6.45) is 1.51. The van der Waals surface area contributed by atoms with Crippen molar-refractivity contribution in [3.63, 3.8) is 0 Å².